The highest BCUT2D eigenvalue weighted by Gasteiger charge is 2.57. The predicted molar refractivity (Wildman–Crippen MR) is 90.5 cm³/mol. The van der Waals surface area contributed by atoms with Gasteiger partial charge in [0.05, 0.1) is 12.7 Å². The Hall–Kier alpha value is 0.0569. The van der Waals surface area contributed by atoms with E-state index in [1.807, 2.05) is 0 Å². The molecule has 5 heteroatoms. The molecule has 0 spiro atoms. The van der Waals surface area contributed by atoms with Gasteiger partial charge in [-0.2, -0.15) is 0 Å². The fourth-order valence-corrected chi connectivity index (χ4v) is 5.47. The van der Waals surface area contributed by atoms with Gasteiger partial charge >= 0.3 is 0 Å². The molecule has 130 valence electrons. The zero-order valence-electron chi connectivity index (χ0n) is 15.3. The van der Waals surface area contributed by atoms with E-state index in [0.717, 1.165) is 12.8 Å². The van der Waals surface area contributed by atoms with Crippen molar-refractivity contribution < 1.29 is 19.0 Å². The second kappa shape index (κ2) is 6.52. The Morgan fingerprint density at radius 2 is 1.77 bits per heavy atom. The summed E-state index contributed by atoms with van der Waals surface area (Å²) in [6.45, 7) is 16.3. The summed E-state index contributed by atoms with van der Waals surface area (Å²) in [5, 5.41) is 10.5. The van der Waals surface area contributed by atoms with Gasteiger partial charge in [0.2, 0.25) is 0 Å². The molecular formula is C17H34O4Si. The molecule has 2 heterocycles. The van der Waals surface area contributed by atoms with Crippen LogP contribution < -0.4 is 0 Å². The monoisotopic (exact) mass is 330 g/mol. The van der Waals surface area contributed by atoms with Crippen LogP contribution in [0.3, 0.4) is 0 Å². The van der Waals surface area contributed by atoms with Crippen LogP contribution in [0.5, 0.6) is 0 Å². The molecule has 0 saturated carbocycles. The van der Waals surface area contributed by atoms with Crippen LogP contribution in [0.15, 0.2) is 0 Å². The first kappa shape index (κ1) is 18.4. The number of aliphatic hydroxyl groups excluding tert-OH is 1. The Balaban J connectivity index is 1.95. The lowest BCUT2D eigenvalue weighted by atomic mass is 9.99. The molecule has 22 heavy (non-hydrogen) atoms. The van der Waals surface area contributed by atoms with Crippen molar-refractivity contribution in [3.63, 3.8) is 0 Å². The third-order valence-corrected chi connectivity index (χ3v) is 10.7. The normalized spacial score (nSPS) is 35.6. The van der Waals surface area contributed by atoms with Crippen molar-refractivity contribution in [3.05, 3.63) is 0 Å². The topological polar surface area (TPSA) is 51.2 Å². The predicted octanol–water partition coefficient (Wildman–Crippen LogP) is 3.34. The van der Waals surface area contributed by atoms with Gasteiger partial charge in [0.1, 0.15) is 24.4 Å². The lowest BCUT2D eigenvalue weighted by molar-refractivity contribution is -0.118. The van der Waals surface area contributed by atoms with Crippen LogP contribution in [-0.4, -0.2) is 50.6 Å². The maximum atomic E-state index is 10.4. The van der Waals surface area contributed by atoms with Crippen molar-refractivity contribution in [1.82, 2.24) is 0 Å². The fourth-order valence-electron chi connectivity index (χ4n) is 3.13. The van der Waals surface area contributed by atoms with Gasteiger partial charge in [-0.05, 0) is 30.5 Å². The first-order chi connectivity index (χ1) is 10.1. The minimum absolute atomic E-state index is 0.0400. The van der Waals surface area contributed by atoms with Crippen molar-refractivity contribution >= 4 is 8.32 Å². The van der Waals surface area contributed by atoms with E-state index >= 15 is 0 Å². The summed E-state index contributed by atoms with van der Waals surface area (Å²) < 4.78 is 18.0. The van der Waals surface area contributed by atoms with Crippen LogP contribution in [-0.2, 0) is 13.9 Å². The third-order valence-electron chi connectivity index (χ3n) is 6.17. The molecule has 0 aromatic heterocycles. The summed E-state index contributed by atoms with van der Waals surface area (Å²) >= 11 is 0. The second-order valence-corrected chi connectivity index (χ2v) is 12.9. The number of hydrogen-bond donors (Lipinski definition) is 1. The van der Waals surface area contributed by atoms with E-state index in [0.29, 0.717) is 12.5 Å². The molecule has 2 rings (SSSR count). The highest BCUT2D eigenvalue weighted by atomic mass is 28.4. The number of hydrogen-bond acceptors (Lipinski definition) is 4. The number of ether oxygens (including phenoxy) is 2. The SMILES string of the molecule is CCC[C@H]1O[C@H](CO[Si](C)(C)C(C)(C)C(C)C)[C@@H](O)[C@H]2O[C@H]21. The van der Waals surface area contributed by atoms with E-state index in [9.17, 15) is 5.11 Å². The maximum absolute atomic E-state index is 10.4. The van der Waals surface area contributed by atoms with Crippen LogP contribution in [0.4, 0.5) is 0 Å². The Morgan fingerprint density at radius 3 is 2.32 bits per heavy atom. The minimum atomic E-state index is -1.89. The molecule has 0 aromatic carbocycles. The van der Waals surface area contributed by atoms with Crippen molar-refractivity contribution in [3.8, 4) is 0 Å². The summed E-state index contributed by atoms with van der Waals surface area (Å²) in [6.07, 6.45) is 1.44. The first-order valence-corrected chi connectivity index (χ1v) is 11.7. The van der Waals surface area contributed by atoms with E-state index < -0.39 is 14.4 Å². The molecule has 0 radical (unpaired) electrons. The Kier molecular flexibility index (Phi) is 5.45. The lowest BCUT2D eigenvalue weighted by Crippen LogP contribution is -2.51. The molecule has 1 N–H and O–H groups in total. The van der Waals surface area contributed by atoms with Crippen LogP contribution in [0.2, 0.25) is 18.1 Å². The Labute approximate surface area is 136 Å². The highest BCUT2D eigenvalue weighted by Crippen LogP contribution is 2.45. The standard InChI is InChI=1S/C17H34O4Si/c1-8-9-12-15-16(21-15)14(18)13(20-12)10-19-22(6,7)17(4,5)11(2)3/h11-16,18H,8-10H2,1-7H3/t12-,13-,14-,15+,16-/m1/s1. The molecule has 4 nitrogen and oxygen atoms in total. The van der Waals surface area contributed by atoms with Gasteiger partial charge in [-0.3, -0.25) is 0 Å². The fraction of sp³-hybridized carbons (Fsp3) is 1.00. The molecule has 5 atom stereocenters. The van der Waals surface area contributed by atoms with Gasteiger partial charge in [-0.25, -0.2) is 0 Å². The van der Waals surface area contributed by atoms with Gasteiger partial charge < -0.3 is 19.0 Å². The van der Waals surface area contributed by atoms with Crippen molar-refractivity contribution in [2.45, 2.75) is 96.1 Å². The van der Waals surface area contributed by atoms with E-state index in [1.165, 1.54) is 0 Å². The summed E-state index contributed by atoms with van der Waals surface area (Å²) in [4.78, 5) is 0. The van der Waals surface area contributed by atoms with E-state index in [1.54, 1.807) is 0 Å². The first-order valence-electron chi connectivity index (χ1n) is 8.74. The van der Waals surface area contributed by atoms with Gasteiger partial charge in [0, 0.05) is 0 Å². The van der Waals surface area contributed by atoms with Crippen LogP contribution >= 0.6 is 0 Å². The van der Waals surface area contributed by atoms with Crippen molar-refractivity contribution in [2.75, 3.05) is 6.61 Å². The van der Waals surface area contributed by atoms with Crippen LogP contribution in [0.1, 0.15) is 47.5 Å². The summed E-state index contributed by atoms with van der Waals surface area (Å²) in [6, 6.07) is 0. The average molecular weight is 331 g/mol. The van der Waals surface area contributed by atoms with Crippen molar-refractivity contribution in [1.29, 1.82) is 0 Å². The smallest absolute Gasteiger partial charge is 0.192 e. The van der Waals surface area contributed by atoms with Gasteiger partial charge in [0.15, 0.2) is 8.32 Å². The number of fused-ring (bicyclic) bond motifs is 1. The third kappa shape index (κ3) is 3.43. The second-order valence-electron chi connectivity index (χ2n) is 8.26. The Morgan fingerprint density at radius 1 is 1.14 bits per heavy atom. The van der Waals surface area contributed by atoms with Crippen molar-refractivity contribution in [2.24, 2.45) is 5.92 Å². The van der Waals surface area contributed by atoms with Crippen LogP contribution in [0.25, 0.3) is 0 Å². The minimum Gasteiger partial charge on any atom is -0.414 e. The van der Waals surface area contributed by atoms with E-state index in [-0.39, 0.29) is 29.5 Å². The molecule has 0 amide bonds. The number of rotatable bonds is 7. The summed E-state index contributed by atoms with van der Waals surface area (Å²) in [5.74, 6) is 0.565. The maximum Gasteiger partial charge on any atom is 0.192 e. The Bertz CT molecular complexity index is 383. The molecule has 0 aromatic rings. The molecule has 0 unspecified atom stereocenters. The van der Waals surface area contributed by atoms with E-state index in [4.69, 9.17) is 13.9 Å². The molecular weight excluding hydrogens is 296 g/mol. The average Bonchev–Trinajstić information content (AvgIpc) is 3.21. The molecule has 2 fully saturated rings. The molecule has 0 aliphatic carbocycles. The summed E-state index contributed by atoms with van der Waals surface area (Å²) in [5.41, 5.74) is 0. The highest BCUT2D eigenvalue weighted by molar-refractivity contribution is 6.74. The number of aliphatic hydroxyl groups is 1. The van der Waals surface area contributed by atoms with Crippen LogP contribution in [0, 0.1) is 5.92 Å². The largest absolute Gasteiger partial charge is 0.414 e. The van der Waals surface area contributed by atoms with Gasteiger partial charge in [-0.15, -0.1) is 0 Å². The van der Waals surface area contributed by atoms with E-state index in [2.05, 4.69) is 47.7 Å². The van der Waals surface area contributed by atoms with Gasteiger partial charge in [-0.1, -0.05) is 41.0 Å². The molecule has 2 aliphatic rings. The van der Waals surface area contributed by atoms with Gasteiger partial charge in [0.25, 0.3) is 0 Å². The summed E-state index contributed by atoms with van der Waals surface area (Å²) in [7, 11) is -1.89. The molecule has 2 saturated heterocycles. The molecule has 2 aliphatic heterocycles. The zero-order chi connectivity index (χ0) is 16.7. The quantitative estimate of drug-likeness (QED) is 0.574. The lowest BCUT2D eigenvalue weighted by Gasteiger charge is -2.43. The zero-order valence-corrected chi connectivity index (χ0v) is 16.3. The molecule has 0 bridgehead atoms. The number of epoxide rings is 1.